The number of likely N-dealkylation sites (N-methyl/N-ethyl adjacent to an activating group) is 1. The maximum Gasteiger partial charge on any atom is 0.295 e. The molecule has 0 spiro atoms. The summed E-state index contributed by atoms with van der Waals surface area (Å²) in [4.78, 5) is 30.6. The minimum Gasteiger partial charge on any atom is -0.507 e. The van der Waals surface area contributed by atoms with Crippen molar-refractivity contribution in [3.8, 4) is 17.2 Å². The number of likely N-dealkylation sites (tertiary alicyclic amines) is 1. The van der Waals surface area contributed by atoms with Crippen LogP contribution in [0.3, 0.4) is 0 Å². The van der Waals surface area contributed by atoms with Crippen molar-refractivity contribution >= 4 is 17.4 Å². The normalized spacial score (nSPS) is 16.2. The van der Waals surface area contributed by atoms with Crippen LogP contribution in [0.2, 0.25) is 0 Å². The molecular weight excluding hydrogens is 532 g/mol. The van der Waals surface area contributed by atoms with Gasteiger partial charge in [0.25, 0.3) is 11.7 Å². The number of aliphatic hydroxyl groups is 1. The van der Waals surface area contributed by atoms with Gasteiger partial charge in [-0.05, 0) is 74.5 Å². The predicted octanol–water partition coefficient (Wildman–Crippen LogP) is 5.74. The van der Waals surface area contributed by atoms with E-state index in [-0.39, 0.29) is 11.3 Å². The molecule has 0 bridgehead atoms. The number of methoxy groups -OCH3 is 1. The van der Waals surface area contributed by atoms with Crippen molar-refractivity contribution in [2.75, 3.05) is 39.9 Å². The van der Waals surface area contributed by atoms with Gasteiger partial charge < -0.3 is 29.1 Å². The van der Waals surface area contributed by atoms with E-state index in [0.717, 1.165) is 24.2 Å². The van der Waals surface area contributed by atoms with Gasteiger partial charge in [-0.1, -0.05) is 49.7 Å². The van der Waals surface area contributed by atoms with Crippen LogP contribution in [0.4, 0.5) is 0 Å². The lowest BCUT2D eigenvalue weighted by Gasteiger charge is -2.28. The number of ether oxygens (including phenoxy) is 3. The molecule has 0 aliphatic carbocycles. The van der Waals surface area contributed by atoms with Crippen LogP contribution in [0.15, 0.2) is 72.3 Å². The summed E-state index contributed by atoms with van der Waals surface area (Å²) in [5, 5.41) is 11.5. The smallest absolute Gasteiger partial charge is 0.295 e. The molecule has 222 valence electrons. The largest absolute Gasteiger partial charge is 0.507 e. The summed E-state index contributed by atoms with van der Waals surface area (Å²) in [7, 11) is 1.54. The number of nitrogens with zero attached hydrogens (tertiary/aromatic N) is 2. The van der Waals surface area contributed by atoms with Crippen molar-refractivity contribution in [2.24, 2.45) is 0 Å². The maximum absolute atomic E-state index is 13.5. The molecule has 42 heavy (non-hydrogen) atoms. The van der Waals surface area contributed by atoms with Crippen molar-refractivity contribution < 1.29 is 28.9 Å². The lowest BCUT2D eigenvalue weighted by molar-refractivity contribution is -0.140. The summed E-state index contributed by atoms with van der Waals surface area (Å²) in [5.74, 6) is 0.0792. The monoisotopic (exact) mass is 572 g/mol. The molecule has 1 unspecified atom stereocenters. The molecule has 1 atom stereocenters. The highest BCUT2D eigenvalue weighted by Crippen LogP contribution is 2.42. The van der Waals surface area contributed by atoms with E-state index in [2.05, 4.69) is 24.8 Å². The summed E-state index contributed by atoms with van der Waals surface area (Å²) in [5.41, 5.74) is 3.32. The molecule has 0 aromatic heterocycles. The van der Waals surface area contributed by atoms with Crippen molar-refractivity contribution in [2.45, 2.75) is 40.3 Å². The highest BCUT2D eigenvalue weighted by molar-refractivity contribution is 6.46. The van der Waals surface area contributed by atoms with Crippen molar-refractivity contribution in [1.29, 1.82) is 0 Å². The van der Waals surface area contributed by atoms with E-state index in [0.29, 0.717) is 54.7 Å². The highest BCUT2D eigenvalue weighted by atomic mass is 16.5. The van der Waals surface area contributed by atoms with Gasteiger partial charge >= 0.3 is 0 Å². The lowest BCUT2D eigenvalue weighted by Crippen LogP contribution is -2.38. The molecular formula is C34H40N2O6. The number of carbonyl (C=O) groups excluding carboxylic acids is 2. The van der Waals surface area contributed by atoms with E-state index >= 15 is 0 Å². The Kier molecular flexibility index (Phi) is 10.3. The third-order valence-corrected chi connectivity index (χ3v) is 7.51. The van der Waals surface area contributed by atoms with Crippen LogP contribution in [-0.2, 0) is 16.2 Å². The number of ketones is 1. The average Bonchev–Trinajstić information content (AvgIpc) is 3.26. The first-order valence-electron chi connectivity index (χ1n) is 14.4. The fourth-order valence-electron chi connectivity index (χ4n) is 5.21. The Bertz CT molecular complexity index is 1430. The van der Waals surface area contributed by atoms with Crippen LogP contribution in [0.1, 0.15) is 49.1 Å². The SMILES string of the molecule is CCOc1ccc(C2/C(=C(\O)c3ccc(OCc4cccc(C)c4)cc3)C(=O)C(=O)N2CCN(CC)CC)cc1OC. The van der Waals surface area contributed by atoms with E-state index in [9.17, 15) is 14.7 Å². The van der Waals surface area contributed by atoms with Gasteiger partial charge in [0.15, 0.2) is 11.5 Å². The molecule has 1 aliphatic heterocycles. The minimum absolute atomic E-state index is 0.0409. The van der Waals surface area contributed by atoms with E-state index in [1.807, 2.05) is 38.1 Å². The second-order valence-electron chi connectivity index (χ2n) is 10.2. The third-order valence-electron chi connectivity index (χ3n) is 7.51. The predicted molar refractivity (Wildman–Crippen MR) is 163 cm³/mol. The standard InChI is InChI=1S/C34H40N2O6/c1-6-35(7-2)18-19-36-31(26-14-17-28(41-8-3)29(21-26)40-5)30(33(38)34(36)39)32(37)25-12-15-27(16-13-25)42-22-24-11-9-10-23(4)20-24/h9-17,20-21,31,37H,6-8,18-19,22H2,1-5H3/b32-30+. The van der Waals surface area contributed by atoms with Crippen LogP contribution in [0, 0.1) is 6.92 Å². The molecule has 3 aromatic carbocycles. The number of rotatable bonds is 13. The summed E-state index contributed by atoms with van der Waals surface area (Å²) in [6.45, 7) is 11.5. The van der Waals surface area contributed by atoms with E-state index in [1.54, 1.807) is 48.4 Å². The zero-order valence-corrected chi connectivity index (χ0v) is 25.1. The van der Waals surface area contributed by atoms with Crippen LogP contribution in [-0.4, -0.2) is 66.5 Å². The number of hydrogen-bond donors (Lipinski definition) is 1. The zero-order valence-electron chi connectivity index (χ0n) is 25.1. The Hall–Kier alpha value is -4.30. The molecule has 1 amide bonds. The van der Waals surface area contributed by atoms with Gasteiger partial charge in [0.05, 0.1) is 25.3 Å². The van der Waals surface area contributed by atoms with Crippen LogP contribution < -0.4 is 14.2 Å². The number of carbonyl (C=O) groups is 2. The lowest BCUT2D eigenvalue weighted by atomic mass is 9.95. The Morgan fingerprint density at radius 2 is 1.67 bits per heavy atom. The first-order valence-corrected chi connectivity index (χ1v) is 14.4. The Balaban J connectivity index is 1.69. The molecule has 4 rings (SSSR count). The third kappa shape index (κ3) is 6.77. The molecule has 8 heteroatoms. The number of Topliss-reactive ketones (excluding diaryl/α,β-unsaturated/α-hetero) is 1. The Morgan fingerprint density at radius 3 is 2.31 bits per heavy atom. The summed E-state index contributed by atoms with van der Waals surface area (Å²) < 4.78 is 17.2. The number of aliphatic hydroxyl groups excluding tert-OH is 1. The van der Waals surface area contributed by atoms with Crippen LogP contribution >= 0.6 is 0 Å². The van der Waals surface area contributed by atoms with Gasteiger partial charge in [-0.2, -0.15) is 0 Å². The van der Waals surface area contributed by atoms with Gasteiger partial charge in [0, 0.05) is 18.7 Å². The summed E-state index contributed by atoms with van der Waals surface area (Å²) in [6.07, 6.45) is 0. The molecule has 1 saturated heterocycles. The van der Waals surface area contributed by atoms with Crippen molar-refractivity contribution in [3.63, 3.8) is 0 Å². The number of amides is 1. The van der Waals surface area contributed by atoms with Gasteiger partial charge in [-0.3, -0.25) is 9.59 Å². The second-order valence-corrected chi connectivity index (χ2v) is 10.2. The van der Waals surface area contributed by atoms with E-state index < -0.39 is 17.7 Å². The molecule has 0 radical (unpaired) electrons. The number of hydrogen-bond acceptors (Lipinski definition) is 7. The maximum atomic E-state index is 13.5. The van der Waals surface area contributed by atoms with Gasteiger partial charge in [-0.15, -0.1) is 0 Å². The van der Waals surface area contributed by atoms with Crippen molar-refractivity contribution in [1.82, 2.24) is 9.80 Å². The second kappa shape index (κ2) is 14.0. The first kappa shape index (κ1) is 30.7. The molecule has 3 aromatic rings. The van der Waals surface area contributed by atoms with Gasteiger partial charge in [0.1, 0.15) is 18.1 Å². The first-order chi connectivity index (χ1) is 20.3. The fourth-order valence-corrected chi connectivity index (χ4v) is 5.21. The fraction of sp³-hybridized carbons (Fsp3) is 0.353. The molecule has 1 aliphatic rings. The summed E-state index contributed by atoms with van der Waals surface area (Å²) >= 11 is 0. The van der Waals surface area contributed by atoms with Gasteiger partial charge in [0.2, 0.25) is 0 Å². The van der Waals surface area contributed by atoms with Crippen molar-refractivity contribution in [3.05, 3.63) is 94.6 Å². The molecule has 0 saturated carbocycles. The van der Waals surface area contributed by atoms with E-state index in [1.165, 1.54) is 0 Å². The zero-order chi connectivity index (χ0) is 30.2. The quantitative estimate of drug-likeness (QED) is 0.159. The summed E-state index contributed by atoms with van der Waals surface area (Å²) in [6, 6.07) is 19.5. The van der Waals surface area contributed by atoms with Crippen LogP contribution in [0.5, 0.6) is 17.2 Å². The minimum atomic E-state index is -0.789. The number of aryl methyl sites for hydroxylation is 1. The van der Waals surface area contributed by atoms with Gasteiger partial charge in [-0.25, -0.2) is 0 Å². The van der Waals surface area contributed by atoms with E-state index in [4.69, 9.17) is 14.2 Å². The topological polar surface area (TPSA) is 88.5 Å². The average molecular weight is 573 g/mol. The molecule has 8 nitrogen and oxygen atoms in total. The van der Waals surface area contributed by atoms with Crippen LogP contribution in [0.25, 0.3) is 5.76 Å². The molecule has 1 fully saturated rings. The Labute approximate surface area is 248 Å². The molecule has 1 N–H and O–H groups in total. The number of benzene rings is 3. The molecule has 1 heterocycles. The highest BCUT2D eigenvalue weighted by Gasteiger charge is 2.46. The Morgan fingerprint density at radius 1 is 0.929 bits per heavy atom.